The molecule has 4 N–H and O–H groups in total. The van der Waals surface area contributed by atoms with Crippen molar-refractivity contribution in [2.75, 3.05) is 58.8 Å². The molecule has 13 heteroatoms. The summed E-state index contributed by atoms with van der Waals surface area (Å²) in [5, 5.41) is 8.90. The van der Waals surface area contributed by atoms with Crippen molar-refractivity contribution < 1.29 is 28.8 Å². The summed E-state index contributed by atoms with van der Waals surface area (Å²) in [6.45, 7) is 3.89. The summed E-state index contributed by atoms with van der Waals surface area (Å²) >= 11 is 0. The van der Waals surface area contributed by atoms with Crippen LogP contribution in [0.5, 0.6) is 0 Å². The Morgan fingerprint density at radius 3 is 2.51 bits per heavy atom. The van der Waals surface area contributed by atoms with E-state index < -0.39 is 24.1 Å². The lowest BCUT2D eigenvalue weighted by molar-refractivity contribution is -0.142. The zero-order valence-corrected chi connectivity index (χ0v) is 21.9. The molecular weight excluding hydrogens is 482 g/mol. The van der Waals surface area contributed by atoms with Gasteiger partial charge in [0.2, 0.25) is 5.91 Å². The van der Waals surface area contributed by atoms with Crippen LogP contribution in [-0.2, 0) is 19.2 Å². The van der Waals surface area contributed by atoms with Crippen LogP contribution in [0.15, 0.2) is 29.4 Å². The molecule has 0 spiro atoms. The van der Waals surface area contributed by atoms with Gasteiger partial charge in [0.1, 0.15) is 6.04 Å². The summed E-state index contributed by atoms with van der Waals surface area (Å²) in [6.07, 6.45) is 0.681. The minimum Gasteiger partial charge on any atom is -0.466 e. The first-order chi connectivity index (χ1) is 17.6. The molecule has 1 aliphatic heterocycles. The normalized spacial score (nSPS) is 15.5. The molecule has 1 aliphatic rings. The quantitative estimate of drug-likeness (QED) is 0.120. The van der Waals surface area contributed by atoms with Gasteiger partial charge in [0, 0.05) is 37.9 Å². The Kier molecular flexibility index (Phi) is 11.6. The van der Waals surface area contributed by atoms with Gasteiger partial charge >= 0.3 is 18.1 Å². The summed E-state index contributed by atoms with van der Waals surface area (Å²) in [4.78, 5) is 58.2. The van der Waals surface area contributed by atoms with Crippen LogP contribution in [-0.4, -0.2) is 99.6 Å². The standard InChI is InChI=1S/C24H37N7O6/c1-5-36-20(32)11-13-26-23(34)27-19-12-16-31(22(19)33)18-9-7-17(8-10-18)21(25)28-37-24(35)30(4)15-6-14-29(2)3/h7-10,19H,5-6,11-16H2,1-4H3,(H2,25,28)(H2,26,27,34). The minimum absolute atomic E-state index is 0.0216. The second kappa shape index (κ2) is 14.6. The fourth-order valence-electron chi connectivity index (χ4n) is 3.53. The van der Waals surface area contributed by atoms with Gasteiger partial charge in [-0.1, -0.05) is 5.16 Å². The van der Waals surface area contributed by atoms with Crippen molar-refractivity contribution in [3.8, 4) is 0 Å². The molecule has 1 fully saturated rings. The van der Waals surface area contributed by atoms with Crippen LogP contribution in [0.2, 0.25) is 0 Å². The number of urea groups is 1. The van der Waals surface area contributed by atoms with E-state index in [1.54, 1.807) is 43.1 Å². The summed E-state index contributed by atoms with van der Waals surface area (Å²) < 4.78 is 4.80. The third-order valence-corrected chi connectivity index (χ3v) is 5.54. The second-order valence-electron chi connectivity index (χ2n) is 8.75. The van der Waals surface area contributed by atoms with Crippen LogP contribution in [0.4, 0.5) is 15.3 Å². The van der Waals surface area contributed by atoms with Crippen molar-refractivity contribution >= 4 is 35.5 Å². The molecule has 0 radical (unpaired) electrons. The van der Waals surface area contributed by atoms with Crippen molar-refractivity contribution in [3.05, 3.63) is 29.8 Å². The summed E-state index contributed by atoms with van der Waals surface area (Å²) in [7, 11) is 5.54. The first-order valence-corrected chi connectivity index (χ1v) is 12.1. The van der Waals surface area contributed by atoms with Crippen molar-refractivity contribution in [3.63, 3.8) is 0 Å². The molecule has 1 heterocycles. The fraction of sp³-hybridized carbons (Fsp3) is 0.542. The highest BCUT2D eigenvalue weighted by atomic mass is 16.7. The molecule has 1 aromatic rings. The Labute approximate surface area is 216 Å². The number of ether oxygens (including phenoxy) is 1. The minimum atomic E-state index is -0.678. The molecular formula is C24H37N7O6. The summed E-state index contributed by atoms with van der Waals surface area (Å²) in [6, 6.07) is 5.53. The maximum atomic E-state index is 12.8. The molecule has 2 rings (SSSR count). The van der Waals surface area contributed by atoms with E-state index in [0.29, 0.717) is 30.8 Å². The van der Waals surface area contributed by atoms with Gasteiger partial charge < -0.3 is 35.8 Å². The van der Waals surface area contributed by atoms with Crippen LogP contribution in [0.25, 0.3) is 0 Å². The van der Waals surface area contributed by atoms with E-state index in [1.807, 2.05) is 19.0 Å². The van der Waals surface area contributed by atoms with Crippen molar-refractivity contribution in [1.82, 2.24) is 20.4 Å². The molecule has 37 heavy (non-hydrogen) atoms. The van der Waals surface area contributed by atoms with Crippen LogP contribution in [0, 0.1) is 0 Å². The largest absolute Gasteiger partial charge is 0.466 e. The monoisotopic (exact) mass is 519 g/mol. The van der Waals surface area contributed by atoms with Gasteiger partial charge in [-0.15, -0.1) is 0 Å². The van der Waals surface area contributed by atoms with E-state index in [9.17, 15) is 19.2 Å². The topological polar surface area (TPSA) is 159 Å². The number of amides is 4. The number of nitrogens with two attached hydrogens (primary N) is 1. The number of nitrogens with one attached hydrogen (secondary N) is 2. The lowest BCUT2D eigenvalue weighted by Crippen LogP contribution is -2.46. The average Bonchev–Trinajstić information content (AvgIpc) is 3.21. The number of benzene rings is 1. The molecule has 0 saturated carbocycles. The van der Waals surface area contributed by atoms with Crippen LogP contribution in [0.3, 0.4) is 0 Å². The Morgan fingerprint density at radius 2 is 1.86 bits per heavy atom. The van der Waals surface area contributed by atoms with Crippen LogP contribution >= 0.6 is 0 Å². The van der Waals surface area contributed by atoms with Crippen LogP contribution < -0.4 is 21.3 Å². The van der Waals surface area contributed by atoms with E-state index >= 15 is 0 Å². The third-order valence-electron chi connectivity index (χ3n) is 5.54. The van der Waals surface area contributed by atoms with Gasteiger partial charge in [-0.3, -0.25) is 14.4 Å². The van der Waals surface area contributed by atoms with Crippen LogP contribution in [0.1, 0.15) is 31.7 Å². The molecule has 1 saturated heterocycles. The predicted molar refractivity (Wildman–Crippen MR) is 138 cm³/mol. The number of carbonyl (C=O) groups excluding carboxylic acids is 4. The first-order valence-electron chi connectivity index (χ1n) is 12.1. The summed E-state index contributed by atoms with van der Waals surface area (Å²) in [5.41, 5.74) is 7.10. The van der Waals surface area contributed by atoms with Gasteiger partial charge in [-0.25, -0.2) is 9.59 Å². The maximum Gasteiger partial charge on any atom is 0.435 e. The summed E-state index contributed by atoms with van der Waals surface area (Å²) in [5.74, 6) is -0.629. The number of anilines is 1. The lowest BCUT2D eigenvalue weighted by atomic mass is 10.2. The molecule has 1 atom stereocenters. The molecule has 1 aromatic carbocycles. The SMILES string of the molecule is CCOC(=O)CCNC(=O)NC1CCN(c2ccc(C(N)=NOC(=O)N(C)CCCN(C)C)cc2)C1=O. The van der Waals surface area contributed by atoms with Crippen molar-refractivity contribution in [2.24, 2.45) is 10.9 Å². The van der Waals surface area contributed by atoms with Gasteiger partial charge in [0.25, 0.3) is 0 Å². The average molecular weight is 520 g/mol. The smallest absolute Gasteiger partial charge is 0.435 e. The molecule has 0 bridgehead atoms. The third kappa shape index (κ3) is 9.60. The molecule has 13 nitrogen and oxygen atoms in total. The van der Waals surface area contributed by atoms with Gasteiger partial charge in [-0.05, 0) is 64.7 Å². The zero-order valence-electron chi connectivity index (χ0n) is 21.9. The second-order valence-corrected chi connectivity index (χ2v) is 8.75. The van der Waals surface area contributed by atoms with Crippen molar-refractivity contribution in [2.45, 2.75) is 32.2 Å². The zero-order chi connectivity index (χ0) is 27.4. The number of amidine groups is 1. The maximum absolute atomic E-state index is 12.8. The van der Waals surface area contributed by atoms with E-state index in [4.69, 9.17) is 15.3 Å². The number of esters is 1. The first kappa shape index (κ1) is 29.4. The molecule has 204 valence electrons. The van der Waals surface area contributed by atoms with E-state index in [-0.39, 0.29) is 31.3 Å². The molecule has 0 aromatic heterocycles. The van der Waals surface area contributed by atoms with Gasteiger partial charge in [0.15, 0.2) is 5.84 Å². The highest BCUT2D eigenvalue weighted by Crippen LogP contribution is 2.22. The highest BCUT2D eigenvalue weighted by molar-refractivity contribution is 6.02. The lowest BCUT2D eigenvalue weighted by Gasteiger charge is -2.18. The van der Waals surface area contributed by atoms with Crippen molar-refractivity contribution in [1.29, 1.82) is 0 Å². The van der Waals surface area contributed by atoms with E-state index in [0.717, 1.165) is 13.0 Å². The number of rotatable bonds is 12. The number of carbonyl (C=O) groups is 4. The molecule has 4 amide bonds. The van der Waals surface area contributed by atoms with Gasteiger partial charge in [0.05, 0.1) is 13.0 Å². The predicted octanol–water partition coefficient (Wildman–Crippen LogP) is 0.685. The Bertz CT molecular complexity index is 967. The van der Waals surface area contributed by atoms with E-state index in [2.05, 4.69) is 15.8 Å². The number of nitrogens with zero attached hydrogens (tertiary/aromatic N) is 4. The number of hydrogen-bond acceptors (Lipinski definition) is 8. The van der Waals surface area contributed by atoms with E-state index in [1.165, 1.54) is 4.90 Å². The molecule has 0 aliphatic carbocycles. The van der Waals surface area contributed by atoms with Gasteiger partial charge in [-0.2, -0.15) is 0 Å². The Morgan fingerprint density at radius 1 is 1.16 bits per heavy atom. The number of oxime groups is 1. The number of hydrogen-bond donors (Lipinski definition) is 3. The Hall–Kier alpha value is -3.87. The molecule has 1 unspecified atom stereocenters. The highest BCUT2D eigenvalue weighted by Gasteiger charge is 2.33. The fourth-order valence-corrected chi connectivity index (χ4v) is 3.53. The Balaban J connectivity index is 1.84.